The Morgan fingerprint density at radius 1 is 1.29 bits per heavy atom. The summed E-state index contributed by atoms with van der Waals surface area (Å²) in [6.07, 6.45) is 3.74. The standard InChI is InChI=1S/C13H23N3O/c1-9-6-5-7-10(9)12-15-14-11(8-17)16(12)13(2,3)4/h9-10,17H,5-8H2,1-4H3. The van der Waals surface area contributed by atoms with Crippen LogP contribution in [0.2, 0.25) is 0 Å². The Labute approximate surface area is 103 Å². The second-order valence-electron chi connectivity index (χ2n) is 6.15. The zero-order chi connectivity index (χ0) is 12.6. The smallest absolute Gasteiger partial charge is 0.159 e. The third-order valence-corrected chi connectivity index (χ3v) is 3.76. The van der Waals surface area contributed by atoms with Crippen LogP contribution in [0.15, 0.2) is 0 Å². The molecular weight excluding hydrogens is 214 g/mol. The lowest BCUT2D eigenvalue weighted by molar-refractivity contribution is 0.245. The van der Waals surface area contributed by atoms with Gasteiger partial charge in [-0.25, -0.2) is 0 Å². The molecule has 0 aliphatic heterocycles. The summed E-state index contributed by atoms with van der Waals surface area (Å²) in [5.74, 6) is 2.92. The van der Waals surface area contributed by atoms with Crippen LogP contribution >= 0.6 is 0 Å². The monoisotopic (exact) mass is 237 g/mol. The van der Waals surface area contributed by atoms with Crippen molar-refractivity contribution in [3.8, 4) is 0 Å². The maximum absolute atomic E-state index is 9.38. The fourth-order valence-electron chi connectivity index (χ4n) is 2.93. The van der Waals surface area contributed by atoms with Gasteiger partial charge in [0.25, 0.3) is 0 Å². The SMILES string of the molecule is CC1CCCC1c1nnc(CO)n1C(C)(C)C. The Bertz CT molecular complexity index is 392. The zero-order valence-electron chi connectivity index (χ0n) is 11.3. The number of aliphatic hydroxyl groups is 1. The first-order valence-electron chi connectivity index (χ1n) is 6.50. The minimum Gasteiger partial charge on any atom is -0.388 e. The summed E-state index contributed by atoms with van der Waals surface area (Å²) in [5, 5.41) is 17.9. The highest BCUT2D eigenvalue weighted by Gasteiger charge is 2.33. The normalized spacial score (nSPS) is 25.5. The molecule has 1 saturated carbocycles. The van der Waals surface area contributed by atoms with E-state index in [0.29, 0.717) is 17.7 Å². The highest BCUT2D eigenvalue weighted by molar-refractivity contribution is 5.08. The molecule has 0 amide bonds. The number of rotatable bonds is 2. The predicted molar refractivity (Wildman–Crippen MR) is 66.7 cm³/mol. The first-order valence-corrected chi connectivity index (χ1v) is 6.50. The van der Waals surface area contributed by atoms with E-state index in [1.54, 1.807) is 0 Å². The van der Waals surface area contributed by atoms with E-state index in [0.717, 1.165) is 5.82 Å². The molecule has 0 bridgehead atoms. The average molecular weight is 237 g/mol. The van der Waals surface area contributed by atoms with Gasteiger partial charge in [-0.2, -0.15) is 0 Å². The molecule has 17 heavy (non-hydrogen) atoms. The quantitative estimate of drug-likeness (QED) is 0.859. The molecule has 4 heteroatoms. The molecule has 0 spiro atoms. The lowest BCUT2D eigenvalue weighted by Gasteiger charge is -2.27. The lowest BCUT2D eigenvalue weighted by Crippen LogP contribution is -2.28. The molecule has 1 aromatic heterocycles. The summed E-state index contributed by atoms with van der Waals surface area (Å²) < 4.78 is 2.12. The Morgan fingerprint density at radius 3 is 2.47 bits per heavy atom. The third-order valence-electron chi connectivity index (χ3n) is 3.76. The minimum absolute atomic E-state index is 0.0363. The second-order valence-corrected chi connectivity index (χ2v) is 6.15. The Morgan fingerprint density at radius 2 is 2.00 bits per heavy atom. The number of aromatic nitrogens is 3. The van der Waals surface area contributed by atoms with Crippen molar-refractivity contribution in [2.75, 3.05) is 0 Å². The fourth-order valence-corrected chi connectivity index (χ4v) is 2.93. The average Bonchev–Trinajstić information content (AvgIpc) is 2.81. The van der Waals surface area contributed by atoms with Gasteiger partial charge >= 0.3 is 0 Å². The topological polar surface area (TPSA) is 50.9 Å². The summed E-state index contributed by atoms with van der Waals surface area (Å²) in [5.41, 5.74) is -0.0702. The molecule has 0 aromatic carbocycles. The van der Waals surface area contributed by atoms with Crippen molar-refractivity contribution in [1.29, 1.82) is 0 Å². The minimum atomic E-state index is -0.0702. The van der Waals surface area contributed by atoms with Crippen molar-refractivity contribution >= 4 is 0 Å². The van der Waals surface area contributed by atoms with Crippen LogP contribution in [-0.4, -0.2) is 19.9 Å². The predicted octanol–water partition coefficient (Wildman–Crippen LogP) is 2.43. The molecule has 2 unspecified atom stereocenters. The van der Waals surface area contributed by atoms with E-state index in [1.165, 1.54) is 19.3 Å². The highest BCUT2D eigenvalue weighted by atomic mass is 16.3. The van der Waals surface area contributed by atoms with Crippen molar-refractivity contribution < 1.29 is 5.11 Å². The summed E-state index contributed by atoms with van der Waals surface area (Å²) >= 11 is 0. The first-order chi connectivity index (χ1) is 7.95. The van der Waals surface area contributed by atoms with Crippen molar-refractivity contribution in [2.24, 2.45) is 5.92 Å². The number of hydrogen-bond donors (Lipinski definition) is 1. The summed E-state index contributed by atoms with van der Waals surface area (Å²) in [7, 11) is 0. The van der Waals surface area contributed by atoms with E-state index in [-0.39, 0.29) is 12.1 Å². The zero-order valence-corrected chi connectivity index (χ0v) is 11.3. The van der Waals surface area contributed by atoms with Crippen LogP contribution in [0.3, 0.4) is 0 Å². The van der Waals surface area contributed by atoms with Crippen LogP contribution in [-0.2, 0) is 12.1 Å². The summed E-state index contributed by atoms with van der Waals surface area (Å²) in [6.45, 7) is 8.67. The van der Waals surface area contributed by atoms with Crippen LogP contribution in [0.25, 0.3) is 0 Å². The van der Waals surface area contributed by atoms with E-state index in [4.69, 9.17) is 0 Å². The molecule has 0 saturated heterocycles. The van der Waals surface area contributed by atoms with Gasteiger partial charge in [-0.15, -0.1) is 10.2 Å². The molecule has 1 aromatic rings. The van der Waals surface area contributed by atoms with E-state index in [9.17, 15) is 5.11 Å². The van der Waals surface area contributed by atoms with E-state index in [2.05, 4.69) is 42.5 Å². The highest BCUT2D eigenvalue weighted by Crippen LogP contribution is 2.39. The number of hydrogen-bond acceptors (Lipinski definition) is 3. The molecular formula is C13H23N3O. The largest absolute Gasteiger partial charge is 0.388 e. The van der Waals surface area contributed by atoms with Crippen LogP contribution in [0.5, 0.6) is 0 Å². The van der Waals surface area contributed by atoms with Crippen LogP contribution in [0.4, 0.5) is 0 Å². The van der Waals surface area contributed by atoms with Crippen LogP contribution < -0.4 is 0 Å². The van der Waals surface area contributed by atoms with Gasteiger partial charge in [0.2, 0.25) is 0 Å². The Balaban J connectivity index is 2.44. The van der Waals surface area contributed by atoms with Crippen molar-refractivity contribution in [1.82, 2.24) is 14.8 Å². The molecule has 4 nitrogen and oxygen atoms in total. The fraction of sp³-hybridized carbons (Fsp3) is 0.846. The first kappa shape index (κ1) is 12.6. The maximum Gasteiger partial charge on any atom is 0.159 e. The van der Waals surface area contributed by atoms with Gasteiger partial charge in [0.05, 0.1) is 0 Å². The lowest BCUT2D eigenvalue weighted by atomic mass is 9.96. The van der Waals surface area contributed by atoms with Gasteiger partial charge in [-0.05, 0) is 39.5 Å². The molecule has 1 N–H and O–H groups in total. The molecule has 0 radical (unpaired) electrons. The molecule has 2 rings (SSSR count). The summed E-state index contributed by atoms with van der Waals surface area (Å²) in [6, 6.07) is 0. The molecule has 96 valence electrons. The van der Waals surface area contributed by atoms with Crippen molar-refractivity contribution in [3.05, 3.63) is 11.6 Å². The van der Waals surface area contributed by atoms with Gasteiger partial charge in [-0.1, -0.05) is 13.3 Å². The molecule has 1 heterocycles. The van der Waals surface area contributed by atoms with Crippen molar-refractivity contribution in [3.63, 3.8) is 0 Å². The van der Waals surface area contributed by atoms with Gasteiger partial charge in [0.1, 0.15) is 12.4 Å². The van der Waals surface area contributed by atoms with Gasteiger partial charge in [0.15, 0.2) is 5.82 Å². The molecule has 1 aliphatic rings. The Hall–Kier alpha value is -0.900. The van der Waals surface area contributed by atoms with Crippen LogP contribution in [0, 0.1) is 5.92 Å². The number of aliphatic hydroxyl groups excluding tert-OH is 1. The van der Waals surface area contributed by atoms with Crippen molar-refractivity contribution in [2.45, 2.75) is 65.0 Å². The number of nitrogens with zero attached hydrogens (tertiary/aromatic N) is 3. The Kier molecular flexibility index (Phi) is 3.25. The molecule has 2 atom stereocenters. The van der Waals surface area contributed by atoms with Crippen LogP contribution in [0.1, 0.15) is 64.5 Å². The maximum atomic E-state index is 9.38. The summed E-state index contributed by atoms with van der Waals surface area (Å²) in [4.78, 5) is 0. The second kappa shape index (κ2) is 4.41. The van der Waals surface area contributed by atoms with Gasteiger partial charge in [0, 0.05) is 11.5 Å². The third kappa shape index (κ3) is 2.23. The molecule has 1 fully saturated rings. The van der Waals surface area contributed by atoms with Gasteiger partial charge < -0.3 is 9.67 Å². The van der Waals surface area contributed by atoms with E-state index in [1.807, 2.05) is 0 Å². The molecule has 1 aliphatic carbocycles. The van der Waals surface area contributed by atoms with Gasteiger partial charge in [-0.3, -0.25) is 0 Å². The van der Waals surface area contributed by atoms with E-state index >= 15 is 0 Å². The van der Waals surface area contributed by atoms with E-state index < -0.39 is 0 Å².